The Balaban J connectivity index is 1.84. The van der Waals surface area contributed by atoms with Crippen molar-refractivity contribution < 1.29 is 5.11 Å². The van der Waals surface area contributed by atoms with Gasteiger partial charge in [-0.05, 0) is 38.1 Å². The molecule has 2 N–H and O–H groups in total. The summed E-state index contributed by atoms with van der Waals surface area (Å²) < 4.78 is 0. The highest BCUT2D eigenvalue weighted by molar-refractivity contribution is 5.69. The summed E-state index contributed by atoms with van der Waals surface area (Å²) in [5.41, 5.74) is 2.92. The third-order valence-electron chi connectivity index (χ3n) is 3.73. The molecule has 0 atom stereocenters. The van der Waals surface area contributed by atoms with Crippen LogP contribution in [0.2, 0.25) is 0 Å². The van der Waals surface area contributed by atoms with Gasteiger partial charge < -0.3 is 5.11 Å². The van der Waals surface area contributed by atoms with E-state index in [1.165, 1.54) is 19.3 Å². The number of hydrogen-bond acceptors (Lipinski definition) is 3. The number of nitrogens with zero attached hydrogens (tertiary/aromatic N) is 2. The topological polar surface area (TPSA) is 52.1 Å². The molecule has 0 bridgehead atoms. The molecule has 1 saturated heterocycles. The maximum Gasteiger partial charge on any atom is 0.124 e. The van der Waals surface area contributed by atoms with E-state index in [4.69, 9.17) is 0 Å². The van der Waals surface area contributed by atoms with Crippen LogP contribution < -0.4 is 0 Å². The summed E-state index contributed by atoms with van der Waals surface area (Å²) in [7, 11) is 0. The molecule has 4 heteroatoms. The molecule has 0 amide bonds. The van der Waals surface area contributed by atoms with E-state index in [2.05, 4.69) is 15.1 Å². The number of nitrogens with one attached hydrogen (secondary N) is 1. The van der Waals surface area contributed by atoms with E-state index in [0.717, 1.165) is 36.5 Å². The zero-order valence-electron chi connectivity index (χ0n) is 11.0. The maximum absolute atomic E-state index is 9.95. The minimum absolute atomic E-state index is 0.298. The van der Waals surface area contributed by atoms with Crippen molar-refractivity contribution in [3.63, 3.8) is 0 Å². The molecule has 0 spiro atoms. The fourth-order valence-electron chi connectivity index (χ4n) is 2.71. The second kappa shape index (κ2) is 5.45. The summed E-state index contributed by atoms with van der Waals surface area (Å²) in [6.07, 6.45) is 5.78. The lowest BCUT2D eigenvalue weighted by Crippen LogP contribution is -2.29. The second-order valence-corrected chi connectivity index (χ2v) is 5.12. The summed E-state index contributed by atoms with van der Waals surface area (Å²) >= 11 is 0. The van der Waals surface area contributed by atoms with Crippen molar-refractivity contribution >= 4 is 0 Å². The Morgan fingerprint density at radius 3 is 2.74 bits per heavy atom. The Labute approximate surface area is 113 Å². The third-order valence-corrected chi connectivity index (χ3v) is 3.73. The van der Waals surface area contributed by atoms with E-state index in [-0.39, 0.29) is 0 Å². The van der Waals surface area contributed by atoms with Crippen molar-refractivity contribution in [3.05, 3.63) is 36.0 Å². The number of H-pyrrole nitrogens is 1. The molecule has 19 heavy (non-hydrogen) atoms. The summed E-state index contributed by atoms with van der Waals surface area (Å²) in [5.74, 6) is 0.298. The van der Waals surface area contributed by atoms with Crippen molar-refractivity contribution in [3.8, 4) is 17.0 Å². The molecule has 1 fully saturated rings. The quantitative estimate of drug-likeness (QED) is 0.889. The van der Waals surface area contributed by atoms with Gasteiger partial charge in [-0.25, -0.2) is 0 Å². The first-order valence-corrected chi connectivity index (χ1v) is 6.87. The fraction of sp³-hybridized carbons (Fsp3) is 0.400. The van der Waals surface area contributed by atoms with Crippen molar-refractivity contribution in [2.45, 2.75) is 25.8 Å². The van der Waals surface area contributed by atoms with Crippen LogP contribution >= 0.6 is 0 Å². The van der Waals surface area contributed by atoms with E-state index in [9.17, 15) is 5.11 Å². The van der Waals surface area contributed by atoms with Crippen molar-refractivity contribution in [1.29, 1.82) is 0 Å². The Morgan fingerprint density at radius 2 is 1.95 bits per heavy atom. The van der Waals surface area contributed by atoms with Gasteiger partial charge in [-0.3, -0.25) is 10.00 Å². The predicted octanol–water partition coefficient (Wildman–Crippen LogP) is 2.77. The number of phenols is 1. The van der Waals surface area contributed by atoms with Gasteiger partial charge in [0.1, 0.15) is 5.75 Å². The first-order chi connectivity index (χ1) is 9.34. The van der Waals surface area contributed by atoms with Gasteiger partial charge in [0.2, 0.25) is 0 Å². The molecule has 0 saturated carbocycles. The molecule has 3 rings (SSSR count). The van der Waals surface area contributed by atoms with E-state index in [1.807, 2.05) is 24.4 Å². The average Bonchev–Trinajstić information content (AvgIpc) is 2.88. The second-order valence-electron chi connectivity index (χ2n) is 5.12. The van der Waals surface area contributed by atoms with E-state index in [1.54, 1.807) is 6.07 Å². The molecule has 2 heterocycles. The SMILES string of the molecule is Oc1ccccc1-c1[nH]ncc1CN1CCCCC1. The Morgan fingerprint density at radius 1 is 1.16 bits per heavy atom. The Hall–Kier alpha value is -1.81. The molecule has 2 aromatic rings. The fourth-order valence-corrected chi connectivity index (χ4v) is 2.71. The monoisotopic (exact) mass is 257 g/mol. The van der Waals surface area contributed by atoms with Gasteiger partial charge in [-0.1, -0.05) is 18.6 Å². The number of aromatic amines is 1. The van der Waals surface area contributed by atoms with Crippen molar-refractivity contribution in [2.75, 3.05) is 13.1 Å². The first kappa shape index (κ1) is 12.2. The summed E-state index contributed by atoms with van der Waals surface area (Å²) in [4.78, 5) is 2.46. The van der Waals surface area contributed by atoms with Gasteiger partial charge in [-0.2, -0.15) is 5.10 Å². The number of phenolic OH excluding ortho intramolecular Hbond substituents is 1. The summed E-state index contributed by atoms with van der Waals surface area (Å²) in [6, 6.07) is 7.39. The van der Waals surface area contributed by atoms with Gasteiger partial charge >= 0.3 is 0 Å². The van der Waals surface area contributed by atoms with Crippen LogP contribution in [0.25, 0.3) is 11.3 Å². The van der Waals surface area contributed by atoms with Crippen LogP contribution in [0.3, 0.4) is 0 Å². The number of hydrogen-bond donors (Lipinski definition) is 2. The third kappa shape index (κ3) is 2.63. The van der Waals surface area contributed by atoms with Gasteiger partial charge in [0, 0.05) is 17.7 Å². The molecule has 1 aromatic heterocycles. The maximum atomic E-state index is 9.95. The highest BCUT2D eigenvalue weighted by Crippen LogP contribution is 2.30. The first-order valence-electron chi connectivity index (χ1n) is 6.87. The molecular weight excluding hydrogens is 238 g/mol. The minimum atomic E-state index is 0.298. The molecule has 100 valence electrons. The lowest BCUT2D eigenvalue weighted by atomic mass is 10.1. The molecule has 0 unspecified atom stereocenters. The van der Waals surface area contributed by atoms with Crippen LogP contribution in [-0.4, -0.2) is 33.3 Å². The molecule has 0 radical (unpaired) electrons. The molecule has 4 nitrogen and oxygen atoms in total. The molecule has 1 aromatic carbocycles. The highest BCUT2D eigenvalue weighted by Gasteiger charge is 2.16. The number of aromatic hydroxyl groups is 1. The summed E-state index contributed by atoms with van der Waals surface area (Å²) in [5, 5.41) is 17.1. The normalized spacial score (nSPS) is 16.6. The minimum Gasteiger partial charge on any atom is -0.507 e. The number of likely N-dealkylation sites (tertiary alicyclic amines) is 1. The van der Waals surface area contributed by atoms with Gasteiger partial charge in [0.25, 0.3) is 0 Å². The Kier molecular flexibility index (Phi) is 3.51. The largest absolute Gasteiger partial charge is 0.507 e. The van der Waals surface area contributed by atoms with Crippen LogP contribution in [-0.2, 0) is 6.54 Å². The van der Waals surface area contributed by atoms with Crippen LogP contribution in [0.15, 0.2) is 30.5 Å². The summed E-state index contributed by atoms with van der Waals surface area (Å²) in [6.45, 7) is 3.22. The van der Waals surface area contributed by atoms with Crippen molar-refractivity contribution in [2.24, 2.45) is 0 Å². The van der Waals surface area contributed by atoms with Crippen LogP contribution in [0.4, 0.5) is 0 Å². The van der Waals surface area contributed by atoms with Crippen LogP contribution in [0.1, 0.15) is 24.8 Å². The average molecular weight is 257 g/mol. The number of aromatic nitrogens is 2. The molecule has 0 aliphatic carbocycles. The van der Waals surface area contributed by atoms with E-state index in [0.29, 0.717) is 5.75 Å². The lowest BCUT2D eigenvalue weighted by molar-refractivity contribution is 0.221. The molecule has 1 aliphatic rings. The Bertz CT molecular complexity index is 544. The van der Waals surface area contributed by atoms with E-state index >= 15 is 0 Å². The standard InChI is InChI=1S/C15H19N3O/c19-14-7-3-2-6-13(14)15-12(10-16-17-15)11-18-8-4-1-5-9-18/h2-3,6-7,10,19H,1,4-5,8-9,11H2,(H,16,17). The zero-order valence-corrected chi connectivity index (χ0v) is 11.0. The number of benzene rings is 1. The predicted molar refractivity (Wildman–Crippen MR) is 74.8 cm³/mol. The van der Waals surface area contributed by atoms with Gasteiger partial charge in [0.05, 0.1) is 11.9 Å². The van der Waals surface area contributed by atoms with Crippen LogP contribution in [0, 0.1) is 0 Å². The molecular formula is C15H19N3O. The van der Waals surface area contributed by atoms with Crippen LogP contribution in [0.5, 0.6) is 5.75 Å². The highest BCUT2D eigenvalue weighted by atomic mass is 16.3. The number of para-hydroxylation sites is 1. The van der Waals surface area contributed by atoms with Crippen molar-refractivity contribution in [1.82, 2.24) is 15.1 Å². The van der Waals surface area contributed by atoms with Gasteiger partial charge in [-0.15, -0.1) is 0 Å². The smallest absolute Gasteiger partial charge is 0.124 e. The number of piperidine rings is 1. The number of rotatable bonds is 3. The zero-order chi connectivity index (χ0) is 13.1. The lowest BCUT2D eigenvalue weighted by Gasteiger charge is -2.26. The molecule has 1 aliphatic heterocycles. The van der Waals surface area contributed by atoms with Gasteiger partial charge in [0.15, 0.2) is 0 Å². The van der Waals surface area contributed by atoms with E-state index < -0.39 is 0 Å².